The molecule has 158 valence electrons. The number of alkyl halides is 3. The second-order valence-corrected chi connectivity index (χ2v) is 7.91. The van der Waals surface area contributed by atoms with Gasteiger partial charge in [0.2, 0.25) is 0 Å². The summed E-state index contributed by atoms with van der Waals surface area (Å²) in [5, 5.41) is 3.66. The van der Waals surface area contributed by atoms with Crippen LogP contribution in [0.5, 0.6) is 5.75 Å². The Morgan fingerprint density at radius 3 is 2.67 bits per heavy atom. The average Bonchev–Trinajstić information content (AvgIpc) is 3.06. The molecular formula is C21H20F3N3O2S. The Bertz CT molecular complexity index is 1160. The Morgan fingerprint density at radius 1 is 1.23 bits per heavy atom. The van der Waals surface area contributed by atoms with Crippen molar-refractivity contribution in [1.82, 2.24) is 4.57 Å². The van der Waals surface area contributed by atoms with Gasteiger partial charge in [0, 0.05) is 44.8 Å². The smallest absolute Gasteiger partial charge is 0.406 e. The second kappa shape index (κ2) is 8.71. The number of benzene rings is 2. The Morgan fingerprint density at radius 2 is 2.00 bits per heavy atom. The fourth-order valence-corrected chi connectivity index (χ4v) is 3.54. The second-order valence-electron chi connectivity index (χ2n) is 6.53. The molecule has 0 spiro atoms. The predicted molar refractivity (Wildman–Crippen MR) is 113 cm³/mol. The zero-order chi connectivity index (χ0) is 21.9. The molecule has 3 aromatic rings. The summed E-state index contributed by atoms with van der Waals surface area (Å²) in [6, 6.07) is 9.97. The van der Waals surface area contributed by atoms with Crippen LogP contribution in [0.1, 0.15) is 5.56 Å². The van der Waals surface area contributed by atoms with Gasteiger partial charge in [-0.25, -0.2) is 0 Å². The molecule has 0 amide bonds. The first-order valence-electron chi connectivity index (χ1n) is 8.87. The van der Waals surface area contributed by atoms with E-state index in [4.69, 9.17) is 10.5 Å². The largest absolute Gasteiger partial charge is 0.495 e. The number of hydrogen-bond donors (Lipinski definition) is 2. The molecule has 30 heavy (non-hydrogen) atoms. The average molecular weight is 435 g/mol. The predicted octanol–water partition coefficient (Wildman–Crippen LogP) is 4.00. The van der Waals surface area contributed by atoms with Crippen molar-refractivity contribution in [1.29, 1.82) is 0 Å². The van der Waals surface area contributed by atoms with E-state index in [-0.39, 0.29) is 6.54 Å². The normalized spacial score (nSPS) is 12.3. The van der Waals surface area contributed by atoms with Crippen molar-refractivity contribution in [3.63, 3.8) is 0 Å². The van der Waals surface area contributed by atoms with E-state index in [1.165, 1.54) is 13.3 Å². The monoisotopic (exact) mass is 435 g/mol. The lowest BCUT2D eigenvalue weighted by Crippen LogP contribution is -2.16. The maximum absolute atomic E-state index is 12.8. The van der Waals surface area contributed by atoms with Crippen LogP contribution < -0.4 is 15.8 Å². The molecule has 0 aliphatic rings. The van der Waals surface area contributed by atoms with Crippen molar-refractivity contribution < 1.29 is 22.1 Å². The SMILES string of the molecule is COc1cc(S(C)=O)ccc1NCC#Cc1cc(N)c2ccn(CC(F)(F)F)c2c1. The summed E-state index contributed by atoms with van der Waals surface area (Å²) in [7, 11) is 0.396. The van der Waals surface area contributed by atoms with Crippen LogP contribution in [0.25, 0.3) is 10.9 Å². The quantitative estimate of drug-likeness (QED) is 0.470. The first-order chi connectivity index (χ1) is 14.2. The summed E-state index contributed by atoms with van der Waals surface area (Å²) in [6.45, 7) is -0.820. The Balaban J connectivity index is 1.78. The van der Waals surface area contributed by atoms with Gasteiger partial charge in [-0.3, -0.25) is 4.21 Å². The van der Waals surface area contributed by atoms with Gasteiger partial charge in [0.25, 0.3) is 0 Å². The minimum atomic E-state index is -4.33. The number of halogens is 3. The van der Waals surface area contributed by atoms with E-state index in [0.29, 0.717) is 38.5 Å². The maximum atomic E-state index is 12.8. The number of nitrogens with zero attached hydrogens (tertiary/aromatic N) is 1. The molecule has 2 aromatic carbocycles. The van der Waals surface area contributed by atoms with Crippen LogP contribution in [-0.2, 0) is 17.3 Å². The number of nitrogens with one attached hydrogen (secondary N) is 1. The first-order valence-corrected chi connectivity index (χ1v) is 10.4. The standard InChI is InChI=1S/C21H20F3N3O2S/c1-29-20-12-15(30(2)28)5-6-18(20)26-8-3-4-14-10-17(25)16-7-9-27(19(16)11-14)13-21(22,23)24/h5-7,9-12,26H,8,13,25H2,1-2H3. The summed E-state index contributed by atoms with van der Waals surface area (Å²) in [5.74, 6) is 6.39. The van der Waals surface area contributed by atoms with Crippen LogP contribution in [0.15, 0.2) is 47.5 Å². The number of hydrogen-bond acceptors (Lipinski definition) is 4. The van der Waals surface area contributed by atoms with Crippen molar-refractivity contribution in [2.45, 2.75) is 17.6 Å². The molecular weight excluding hydrogens is 415 g/mol. The molecule has 0 aliphatic carbocycles. The Labute approximate surface area is 174 Å². The van der Waals surface area contributed by atoms with E-state index in [1.54, 1.807) is 42.7 Å². The van der Waals surface area contributed by atoms with Gasteiger partial charge in [-0.05, 0) is 36.4 Å². The van der Waals surface area contributed by atoms with Gasteiger partial charge in [-0.15, -0.1) is 0 Å². The lowest BCUT2D eigenvalue weighted by molar-refractivity contribution is -0.139. The van der Waals surface area contributed by atoms with Gasteiger partial charge in [0.15, 0.2) is 0 Å². The molecule has 3 rings (SSSR count). The molecule has 0 saturated heterocycles. The molecule has 3 N–H and O–H groups in total. The number of nitrogen functional groups attached to an aromatic ring is 1. The van der Waals surface area contributed by atoms with E-state index in [0.717, 1.165) is 4.57 Å². The highest BCUT2D eigenvalue weighted by molar-refractivity contribution is 7.84. The molecule has 1 aromatic heterocycles. The number of rotatable bonds is 5. The third kappa shape index (κ3) is 5.07. The number of methoxy groups -OCH3 is 1. The summed E-state index contributed by atoms with van der Waals surface area (Å²) >= 11 is 0. The summed E-state index contributed by atoms with van der Waals surface area (Å²) in [6.07, 6.45) is -1.38. The molecule has 1 atom stereocenters. The molecule has 0 fully saturated rings. The van der Waals surface area contributed by atoms with Crippen LogP contribution in [0.3, 0.4) is 0 Å². The number of ether oxygens (including phenoxy) is 1. The van der Waals surface area contributed by atoms with Crippen LogP contribution in [0, 0.1) is 11.8 Å². The van der Waals surface area contributed by atoms with E-state index >= 15 is 0 Å². The van der Waals surface area contributed by atoms with Crippen molar-refractivity contribution in [3.05, 3.63) is 48.2 Å². The van der Waals surface area contributed by atoms with E-state index < -0.39 is 23.5 Å². The summed E-state index contributed by atoms with van der Waals surface area (Å²) in [4.78, 5) is 0.647. The third-order valence-electron chi connectivity index (χ3n) is 4.38. The fraction of sp³-hybridized carbons (Fsp3) is 0.238. The van der Waals surface area contributed by atoms with Crippen molar-refractivity contribution in [3.8, 4) is 17.6 Å². The summed E-state index contributed by atoms with van der Waals surface area (Å²) in [5.41, 5.74) is 7.95. The van der Waals surface area contributed by atoms with Crippen molar-refractivity contribution in [2.75, 3.05) is 31.0 Å². The van der Waals surface area contributed by atoms with E-state index in [9.17, 15) is 17.4 Å². The topological polar surface area (TPSA) is 69.3 Å². The van der Waals surface area contributed by atoms with Crippen LogP contribution in [0.4, 0.5) is 24.5 Å². The van der Waals surface area contributed by atoms with Gasteiger partial charge >= 0.3 is 6.18 Å². The maximum Gasteiger partial charge on any atom is 0.406 e. The molecule has 0 radical (unpaired) electrons. The molecule has 1 heterocycles. The lowest BCUT2D eigenvalue weighted by atomic mass is 10.1. The minimum absolute atomic E-state index is 0.270. The fourth-order valence-electron chi connectivity index (χ4n) is 3.01. The number of fused-ring (bicyclic) bond motifs is 1. The molecule has 0 bridgehead atoms. The van der Waals surface area contributed by atoms with Gasteiger partial charge in [-0.1, -0.05) is 11.8 Å². The molecule has 0 saturated carbocycles. The van der Waals surface area contributed by atoms with Crippen LogP contribution in [0.2, 0.25) is 0 Å². The van der Waals surface area contributed by atoms with Gasteiger partial charge in [0.1, 0.15) is 12.3 Å². The molecule has 5 nitrogen and oxygen atoms in total. The van der Waals surface area contributed by atoms with Gasteiger partial charge in [0.05, 0.1) is 24.9 Å². The third-order valence-corrected chi connectivity index (χ3v) is 5.29. The van der Waals surface area contributed by atoms with Crippen LogP contribution in [-0.4, -0.2) is 34.9 Å². The highest BCUT2D eigenvalue weighted by Crippen LogP contribution is 2.28. The first kappa shape index (κ1) is 21.6. The van der Waals surface area contributed by atoms with Crippen molar-refractivity contribution in [2.24, 2.45) is 0 Å². The zero-order valence-corrected chi connectivity index (χ0v) is 17.2. The number of aromatic nitrogens is 1. The Kier molecular flexibility index (Phi) is 6.27. The lowest BCUT2D eigenvalue weighted by Gasteiger charge is -2.10. The van der Waals surface area contributed by atoms with Crippen molar-refractivity contribution >= 4 is 33.1 Å². The highest BCUT2D eigenvalue weighted by Gasteiger charge is 2.28. The summed E-state index contributed by atoms with van der Waals surface area (Å²) < 4.78 is 56.3. The van der Waals surface area contributed by atoms with E-state index in [1.807, 2.05) is 0 Å². The molecule has 1 unspecified atom stereocenters. The van der Waals surface area contributed by atoms with E-state index in [2.05, 4.69) is 17.2 Å². The highest BCUT2D eigenvalue weighted by atomic mass is 32.2. The minimum Gasteiger partial charge on any atom is -0.495 e. The number of nitrogens with two attached hydrogens (primary N) is 1. The molecule has 0 aliphatic heterocycles. The van der Waals surface area contributed by atoms with Gasteiger partial charge in [-0.2, -0.15) is 13.2 Å². The zero-order valence-electron chi connectivity index (χ0n) is 16.3. The van der Waals surface area contributed by atoms with Crippen LogP contribution >= 0.6 is 0 Å². The number of anilines is 2. The Hall–Kier alpha value is -3.12. The van der Waals surface area contributed by atoms with Gasteiger partial charge < -0.3 is 20.4 Å². The molecule has 9 heteroatoms.